The molecule has 0 fully saturated rings. The van der Waals surface area contributed by atoms with E-state index in [1.54, 1.807) is 4.68 Å². The molecule has 6 aromatic rings. The van der Waals surface area contributed by atoms with Crippen molar-refractivity contribution in [3.8, 4) is 11.4 Å². The highest BCUT2D eigenvalue weighted by Gasteiger charge is 2.26. The zero-order valence-electron chi connectivity index (χ0n) is 21.9. The van der Waals surface area contributed by atoms with Crippen molar-refractivity contribution in [3.63, 3.8) is 0 Å². The van der Waals surface area contributed by atoms with Crippen molar-refractivity contribution in [2.45, 2.75) is 33.1 Å². The minimum Gasteiger partial charge on any atom is -0.384 e. The van der Waals surface area contributed by atoms with Crippen LogP contribution in [0.2, 0.25) is 0 Å². The Morgan fingerprint density at radius 3 is 2.31 bits per heavy atom. The molecule has 0 unspecified atom stereocenters. The number of amides is 1. The average molecular weight is 516 g/mol. The number of nitrogens with one attached hydrogen (secondary N) is 1. The van der Waals surface area contributed by atoms with Gasteiger partial charge >= 0.3 is 0 Å². The predicted molar refractivity (Wildman–Crippen MR) is 156 cm³/mol. The van der Waals surface area contributed by atoms with E-state index in [0.717, 1.165) is 41.8 Å². The molecule has 3 heterocycles. The summed E-state index contributed by atoms with van der Waals surface area (Å²) in [6, 6.07) is 27.4. The van der Waals surface area contributed by atoms with E-state index < -0.39 is 0 Å². The number of benzene rings is 3. The lowest BCUT2D eigenvalue weighted by Crippen LogP contribution is -2.17. The number of nitrogens with zero attached hydrogens (tertiary/aromatic N) is 5. The van der Waals surface area contributed by atoms with Crippen molar-refractivity contribution in [1.82, 2.24) is 24.3 Å². The first kappa shape index (κ1) is 24.4. The lowest BCUT2D eigenvalue weighted by molar-refractivity contribution is 0.102. The quantitative estimate of drug-likeness (QED) is 0.262. The second-order valence-corrected chi connectivity index (χ2v) is 9.62. The standard InChI is InChI=1S/C31H29N7O/c1-3-4-10-21-15-17-22(18-16-21)37-29(32)27(28-30(37)34-25-14-9-8-13-24(25)33-28)31(39)35-26-19-20(2)36-38(26)23-11-6-5-7-12-23/h5-9,11-19H,3-4,10,32H2,1-2H3,(H,35,39). The van der Waals surface area contributed by atoms with Crippen LogP contribution in [0.15, 0.2) is 84.9 Å². The van der Waals surface area contributed by atoms with Crippen LogP contribution in [-0.2, 0) is 6.42 Å². The SMILES string of the molecule is CCCCc1ccc(-n2c(N)c(C(=O)Nc3cc(C)nn3-c3ccccc3)c3nc4ccccc4nc32)cc1. The minimum atomic E-state index is -0.377. The Hall–Kier alpha value is -4.98. The van der Waals surface area contributed by atoms with Crippen LogP contribution in [0.1, 0.15) is 41.4 Å². The van der Waals surface area contributed by atoms with Crippen LogP contribution in [-0.4, -0.2) is 30.2 Å². The fourth-order valence-corrected chi connectivity index (χ4v) is 4.87. The Balaban J connectivity index is 1.48. The molecule has 8 nitrogen and oxygen atoms in total. The third-order valence-corrected chi connectivity index (χ3v) is 6.81. The van der Waals surface area contributed by atoms with E-state index in [2.05, 4.69) is 29.5 Å². The van der Waals surface area contributed by atoms with Gasteiger partial charge < -0.3 is 11.1 Å². The Kier molecular flexibility index (Phi) is 6.28. The smallest absolute Gasteiger partial charge is 0.262 e. The molecule has 6 rings (SSSR count). The molecule has 0 saturated heterocycles. The van der Waals surface area contributed by atoms with Crippen molar-refractivity contribution in [2.75, 3.05) is 11.1 Å². The number of aromatic nitrogens is 5. The lowest BCUT2D eigenvalue weighted by atomic mass is 10.1. The van der Waals surface area contributed by atoms with E-state index in [-0.39, 0.29) is 17.3 Å². The second-order valence-electron chi connectivity index (χ2n) is 9.62. The Morgan fingerprint density at radius 1 is 0.897 bits per heavy atom. The lowest BCUT2D eigenvalue weighted by Gasteiger charge is -2.10. The monoisotopic (exact) mass is 515 g/mol. The topological polar surface area (TPSA) is 104 Å². The Morgan fingerprint density at radius 2 is 1.59 bits per heavy atom. The highest BCUT2D eigenvalue weighted by molar-refractivity contribution is 6.16. The number of fused-ring (bicyclic) bond motifs is 2. The van der Waals surface area contributed by atoms with Crippen molar-refractivity contribution in [1.29, 1.82) is 0 Å². The van der Waals surface area contributed by atoms with Crippen LogP contribution < -0.4 is 11.1 Å². The summed E-state index contributed by atoms with van der Waals surface area (Å²) < 4.78 is 3.52. The third-order valence-electron chi connectivity index (χ3n) is 6.81. The number of hydrogen-bond acceptors (Lipinski definition) is 5. The number of aryl methyl sites for hydroxylation is 2. The van der Waals surface area contributed by atoms with E-state index in [4.69, 9.17) is 15.7 Å². The predicted octanol–water partition coefficient (Wildman–Crippen LogP) is 6.24. The number of rotatable bonds is 7. The number of para-hydroxylation sites is 3. The molecule has 0 atom stereocenters. The van der Waals surface area contributed by atoms with Crippen molar-refractivity contribution in [3.05, 3.63) is 102 Å². The van der Waals surface area contributed by atoms with Gasteiger partial charge in [-0.25, -0.2) is 14.6 Å². The molecule has 0 aliphatic rings. The molecule has 39 heavy (non-hydrogen) atoms. The molecular formula is C31H29N7O. The molecule has 8 heteroatoms. The Labute approximate surface area is 226 Å². The van der Waals surface area contributed by atoms with E-state index in [0.29, 0.717) is 22.5 Å². The van der Waals surface area contributed by atoms with Crippen LogP contribution in [0.5, 0.6) is 0 Å². The molecule has 3 aromatic carbocycles. The number of anilines is 2. The third kappa shape index (κ3) is 4.50. The van der Waals surface area contributed by atoms with Crippen molar-refractivity contribution < 1.29 is 4.79 Å². The maximum atomic E-state index is 13.9. The number of carbonyl (C=O) groups excluding carboxylic acids is 1. The molecule has 1 amide bonds. The van der Waals surface area contributed by atoms with Crippen LogP contribution in [0.3, 0.4) is 0 Å². The number of nitrogen functional groups attached to an aromatic ring is 1. The molecular weight excluding hydrogens is 486 g/mol. The van der Waals surface area contributed by atoms with E-state index in [9.17, 15) is 4.79 Å². The number of carbonyl (C=O) groups is 1. The van der Waals surface area contributed by atoms with Crippen LogP contribution in [0.4, 0.5) is 11.6 Å². The Bertz CT molecular complexity index is 1800. The minimum absolute atomic E-state index is 0.275. The summed E-state index contributed by atoms with van der Waals surface area (Å²) in [6.07, 6.45) is 3.29. The number of hydrogen-bond donors (Lipinski definition) is 2. The van der Waals surface area contributed by atoms with Gasteiger partial charge in [0.2, 0.25) is 0 Å². The maximum Gasteiger partial charge on any atom is 0.262 e. The van der Waals surface area contributed by atoms with Crippen LogP contribution in [0.25, 0.3) is 33.6 Å². The first-order valence-corrected chi connectivity index (χ1v) is 13.1. The summed E-state index contributed by atoms with van der Waals surface area (Å²) in [5, 5.41) is 7.60. The van der Waals surface area contributed by atoms with E-state index in [1.807, 2.05) is 84.3 Å². The maximum absolute atomic E-state index is 13.9. The highest BCUT2D eigenvalue weighted by atomic mass is 16.1. The van der Waals surface area contributed by atoms with E-state index in [1.165, 1.54) is 5.56 Å². The van der Waals surface area contributed by atoms with E-state index >= 15 is 0 Å². The molecule has 0 aliphatic heterocycles. The molecule has 0 spiro atoms. The molecule has 0 saturated carbocycles. The van der Waals surface area contributed by atoms with Crippen molar-refractivity contribution in [2.24, 2.45) is 0 Å². The second kappa shape index (κ2) is 10.1. The number of unbranched alkanes of at least 4 members (excludes halogenated alkanes) is 1. The van der Waals surface area contributed by atoms with Crippen LogP contribution >= 0.6 is 0 Å². The molecule has 3 aromatic heterocycles. The molecule has 0 radical (unpaired) electrons. The molecule has 0 aliphatic carbocycles. The summed E-state index contributed by atoms with van der Waals surface area (Å²) in [5.74, 6) is 0.442. The van der Waals surface area contributed by atoms with Gasteiger partial charge in [-0.2, -0.15) is 5.10 Å². The van der Waals surface area contributed by atoms with Gasteiger partial charge in [0.15, 0.2) is 5.65 Å². The largest absolute Gasteiger partial charge is 0.384 e. The summed E-state index contributed by atoms with van der Waals surface area (Å²) in [5.41, 5.74) is 13.1. The van der Waals surface area contributed by atoms with Gasteiger partial charge in [-0.3, -0.25) is 9.36 Å². The van der Waals surface area contributed by atoms with Crippen LogP contribution in [0, 0.1) is 6.92 Å². The summed E-state index contributed by atoms with van der Waals surface area (Å²) in [4.78, 5) is 23.6. The molecule has 3 N–H and O–H groups in total. The zero-order chi connectivity index (χ0) is 26.9. The van der Waals surface area contributed by atoms with Gasteiger partial charge in [-0.15, -0.1) is 0 Å². The van der Waals surface area contributed by atoms with Crippen molar-refractivity contribution >= 4 is 39.7 Å². The molecule has 0 bridgehead atoms. The first-order valence-electron chi connectivity index (χ1n) is 13.1. The van der Waals surface area contributed by atoms with Gasteiger partial charge in [-0.1, -0.05) is 55.8 Å². The van der Waals surface area contributed by atoms with Gasteiger partial charge in [0, 0.05) is 11.8 Å². The molecule has 194 valence electrons. The summed E-state index contributed by atoms with van der Waals surface area (Å²) in [6.45, 7) is 4.07. The number of nitrogens with two attached hydrogens (primary N) is 1. The normalized spacial score (nSPS) is 11.3. The highest BCUT2D eigenvalue weighted by Crippen LogP contribution is 2.32. The summed E-state index contributed by atoms with van der Waals surface area (Å²) >= 11 is 0. The van der Waals surface area contributed by atoms with Gasteiger partial charge in [-0.05, 0) is 61.7 Å². The average Bonchev–Trinajstić information content (AvgIpc) is 3.46. The summed E-state index contributed by atoms with van der Waals surface area (Å²) in [7, 11) is 0. The fraction of sp³-hybridized carbons (Fsp3) is 0.161. The van der Waals surface area contributed by atoms with Gasteiger partial charge in [0.25, 0.3) is 5.91 Å². The van der Waals surface area contributed by atoms with Gasteiger partial charge in [0.05, 0.1) is 22.4 Å². The zero-order valence-corrected chi connectivity index (χ0v) is 21.9. The van der Waals surface area contributed by atoms with Gasteiger partial charge in [0.1, 0.15) is 22.7 Å². The first-order chi connectivity index (χ1) is 19.0. The fourth-order valence-electron chi connectivity index (χ4n) is 4.87.